The first-order valence-corrected chi connectivity index (χ1v) is 7.78. The molecule has 0 bridgehead atoms. The summed E-state index contributed by atoms with van der Waals surface area (Å²) in [7, 11) is 1.63. The summed E-state index contributed by atoms with van der Waals surface area (Å²) < 4.78 is 4.94. The maximum Gasteiger partial charge on any atom is 0.235 e. The van der Waals surface area contributed by atoms with E-state index in [-0.39, 0.29) is 11.8 Å². The Morgan fingerprint density at radius 1 is 1.09 bits per heavy atom. The first kappa shape index (κ1) is 16.5. The molecule has 2 N–H and O–H groups in total. The number of nitrogens with one attached hydrogen (secondary N) is 2. The zero-order valence-electron chi connectivity index (χ0n) is 13.1. The van der Waals surface area contributed by atoms with Gasteiger partial charge in [0.25, 0.3) is 0 Å². The van der Waals surface area contributed by atoms with Crippen LogP contribution in [0.5, 0.6) is 0 Å². The molecule has 1 aliphatic carbocycles. The van der Waals surface area contributed by atoms with Gasteiger partial charge in [0.2, 0.25) is 11.8 Å². The van der Waals surface area contributed by atoms with Gasteiger partial charge >= 0.3 is 0 Å². The molecule has 0 spiro atoms. The highest BCUT2D eigenvalue weighted by atomic mass is 16.5. The van der Waals surface area contributed by atoms with Crippen molar-refractivity contribution in [3.8, 4) is 0 Å². The van der Waals surface area contributed by atoms with E-state index in [9.17, 15) is 9.59 Å². The normalized spacial score (nSPS) is 15.1. The SMILES string of the molecule is COCCCNC(=O)C1(C(=O)NCCc2ccccc2)CC1. The highest BCUT2D eigenvalue weighted by molar-refractivity contribution is 6.07. The molecule has 1 aliphatic rings. The smallest absolute Gasteiger partial charge is 0.235 e. The Morgan fingerprint density at radius 3 is 2.32 bits per heavy atom. The van der Waals surface area contributed by atoms with Gasteiger partial charge in [0.05, 0.1) is 0 Å². The van der Waals surface area contributed by atoms with Crippen LogP contribution >= 0.6 is 0 Å². The topological polar surface area (TPSA) is 67.4 Å². The van der Waals surface area contributed by atoms with Crippen molar-refractivity contribution >= 4 is 11.8 Å². The van der Waals surface area contributed by atoms with E-state index in [0.29, 0.717) is 32.5 Å². The van der Waals surface area contributed by atoms with E-state index in [4.69, 9.17) is 4.74 Å². The molecule has 5 heteroatoms. The molecule has 0 unspecified atom stereocenters. The monoisotopic (exact) mass is 304 g/mol. The lowest BCUT2D eigenvalue weighted by Gasteiger charge is -2.15. The Hall–Kier alpha value is -1.88. The van der Waals surface area contributed by atoms with Gasteiger partial charge in [-0.15, -0.1) is 0 Å². The summed E-state index contributed by atoms with van der Waals surface area (Å²) in [5, 5.41) is 5.72. The van der Waals surface area contributed by atoms with Crippen LogP contribution in [0.25, 0.3) is 0 Å². The van der Waals surface area contributed by atoms with Gasteiger partial charge < -0.3 is 15.4 Å². The van der Waals surface area contributed by atoms with Gasteiger partial charge in [0.1, 0.15) is 5.41 Å². The van der Waals surface area contributed by atoms with Gasteiger partial charge in [-0.25, -0.2) is 0 Å². The molecule has 2 amide bonds. The fourth-order valence-electron chi connectivity index (χ4n) is 2.40. The van der Waals surface area contributed by atoms with Crippen molar-refractivity contribution in [3.05, 3.63) is 35.9 Å². The largest absolute Gasteiger partial charge is 0.385 e. The van der Waals surface area contributed by atoms with Crippen LogP contribution in [0, 0.1) is 5.41 Å². The first-order valence-electron chi connectivity index (χ1n) is 7.78. The highest BCUT2D eigenvalue weighted by Crippen LogP contribution is 2.46. The molecular formula is C17H24N2O3. The quantitative estimate of drug-likeness (QED) is 0.533. The molecule has 22 heavy (non-hydrogen) atoms. The predicted molar refractivity (Wildman–Crippen MR) is 84.3 cm³/mol. The van der Waals surface area contributed by atoms with Gasteiger partial charge in [-0.1, -0.05) is 30.3 Å². The highest BCUT2D eigenvalue weighted by Gasteiger charge is 2.56. The second-order valence-corrected chi connectivity index (χ2v) is 5.68. The molecule has 0 radical (unpaired) electrons. The minimum absolute atomic E-state index is 0.146. The number of rotatable bonds is 9. The van der Waals surface area contributed by atoms with Crippen LogP contribution in [0.3, 0.4) is 0 Å². The zero-order chi connectivity index (χ0) is 15.8. The molecule has 5 nitrogen and oxygen atoms in total. The number of benzene rings is 1. The Morgan fingerprint density at radius 2 is 1.73 bits per heavy atom. The molecule has 0 aliphatic heterocycles. The lowest BCUT2D eigenvalue weighted by Crippen LogP contribution is -2.44. The summed E-state index contributed by atoms with van der Waals surface area (Å²) in [4.78, 5) is 24.4. The Balaban J connectivity index is 1.73. The minimum atomic E-state index is -0.830. The summed E-state index contributed by atoms with van der Waals surface area (Å²) in [6.45, 7) is 1.71. The van der Waals surface area contributed by atoms with E-state index < -0.39 is 5.41 Å². The zero-order valence-corrected chi connectivity index (χ0v) is 13.1. The lowest BCUT2D eigenvalue weighted by atomic mass is 10.0. The number of amides is 2. The fourth-order valence-corrected chi connectivity index (χ4v) is 2.40. The van der Waals surface area contributed by atoms with Crippen LogP contribution in [0.2, 0.25) is 0 Å². The Bertz CT molecular complexity index is 498. The maximum atomic E-state index is 12.3. The number of carbonyl (C=O) groups excluding carboxylic acids is 2. The standard InChI is InChI=1S/C17H24N2O3/c1-22-13-5-11-18-15(20)17(9-10-17)16(21)19-12-8-14-6-3-2-4-7-14/h2-4,6-7H,5,8-13H2,1H3,(H,18,20)(H,19,21). The average Bonchev–Trinajstić information content (AvgIpc) is 3.34. The van der Waals surface area contributed by atoms with Crippen molar-refractivity contribution < 1.29 is 14.3 Å². The van der Waals surface area contributed by atoms with Gasteiger partial charge in [0, 0.05) is 26.8 Å². The van der Waals surface area contributed by atoms with Crippen LogP contribution in [0.15, 0.2) is 30.3 Å². The second-order valence-electron chi connectivity index (χ2n) is 5.68. The number of hydrogen-bond donors (Lipinski definition) is 2. The van der Waals surface area contributed by atoms with Crippen molar-refractivity contribution in [2.45, 2.75) is 25.7 Å². The van der Waals surface area contributed by atoms with Crippen LogP contribution < -0.4 is 10.6 Å². The van der Waals surface area contributed by atoms with Gasteiger partial charge in [-0.05, 0) is 31.2 Å². The summed E-state index contributed by atoms with van der Waals surface area (Å²) in [5.74, 6) is -0.298. The van der Waals surface area contributed by atoms with Crippen molar-refractivity contribution in [1.82, 2.24) is 10.6 Å². The van der Waals surface area contributed by atoms with Crippen molar-refractivity contribution in [2.24, 2.45) is 5.41 Å². The molecule has 0 aromatic heterocycles. The van der Waals surface area contributed by atoms with Gasteiger partial charge in [0.15, 0.2) is 0 Å². The summed E-state index contributed by atoms with van der Waals surface area (Å²) in [5.41, 5.74) is 0.348. The molecule has 120 valence electrons. The van der Waals surface area contributed by atoms with Crippen molar-refractivity contribution in [2.75, 3.05) is 26.8 Å². The van der Waals surface area contributed by atoms with Crippen molar-refractivity contribution in [3.63, 3.8) is 0 Å². The average molecular weight is 304 g/mol. The first-order chi connectivity index (χ1) is 10.7. The van der Waals surface area contributed by atoms with Crippen LogP contribution in [0.4, 0.5) is 0 Å². The predicted octanol–water partition coefficient (Wildman–Crippen LogP) is 1.28. The maximum absolute atomic E-state index is 12.3. The minimum Gasteiger partial charge on any atom is -0.385 e. The van der Waals surface area contributed by atoms with E-state index in [1.807, 2.05) is 30.3 Å². The van der Waals surface area contributed by atoms with Crippen LogP contribution in [0.1, 0.15) is 24.8 Å². The lowest BCUT2D eigenvalue weighted by molar-refractivity contribution is -0.137. The molecule has 0 saturated heterocycles. The molecule has 1 saturated carbocycles. The molecule has 1 fully saturated rings. The molecule has 1 aromatic rings. The molecule has 2 rings (SSSR count). The summed E-state index contributed by atoms with van der Waals surface area (Å²) in [6, 6.07) is 9.98. The molecule has 0 atom stereocenters. The number of hydrogen-bond acceptors (Lipinski definition) is 3. The number of ether oxygens (including phenoxy) is 1. The van der Waals surface area contributed by atoms with Crippen LogP contribution in [-0.2, 0) is 20.7 Å². The summed E-state index contributed by atoms with van der Waals surface area (Å²) in [6.07, 6.45) is 2.81. The third-order valence-electron chi connectivity index (χ3n) is 3.97. The van der Waals surface area contributed by atoms with Gasteiger partial charge in [-0.3, -0.25) is 9.59 Å². The molecule has 0 heterocycles. The molecular weight excluding hydrogens is 280 g/mol. The van der Waals surface area contributed by atoms with Gasteiger partial charge in [-0.2, -0.15) is 0 Å². The Kier molecular flexibility index (Phi) is 5.95. The number of carbonyl (C=O) groups is 2. The van der Waals surface area contributed by atoms with E-state index >= 15 is 0 Å². The summed E-state index contributed by atoms with van der Waals surface area (Å²) >= 11 is 0. The van der Waals surface area contributed by atoms with E-state index in [0.717, 1.165) is 12.8 Å². The van der Waals surface area contributed by atoms with E-state index in [2.05, 4.69) is 10.6 Å². The third kappa shape index (κ3) is 4.31. The number of methoxy groups -OCH3 is 1. The third-order valence-corrected chi connectivity index (χ3v) is 3.97. The second kappa shape index (κ2) is 7.94. The van der Waals surface area contributed by atoms with E-state index in [1.54, 1.807) is 7.11 Å². The molecule has 1 aromatic carbocycles. The fraction of sp³-hybridized carbons (Fsp3) is 0.529. The van der Waals surface area contributed by atoms with Crippen molar-refractivity contribution in [1.29, 1.82) is 0 Å². The van der Waals surface area contributed by atoms with E-state index in [1.165, 1.54) is 5.56 Å². The Labute approximate surface area is 131 Å². The van der Waals surface area contributed by atoms with Crippen LogP contribution in [-0.4, -0.2) is 38.6 Å².